The van der Waals surface area contributed by atoms with Gasteiger partial charge in [0.25, 0.3) is 0 Å². The molecule has 1 rings (SSSR count). The minimum Gasteiger partial charge on any atom is -0.385 e. The molecular weight excluding hydrogens is 264 g/mol. The Balaban J connectivity index is 0.000000690. The van der Waals surface area contributed by atoms with Crippen molar-refractivity contribution in [3.63, 3.8) is 0 Å². The van der Waals surface area contributed by atoms with E-state index in [2.05, 4.69) is 27.4 Å². The van der Waals surface area contributed by atoms with Crippen LogP contribution in [0.5, 0.6) is 0 Å². The molecule has 0 aliphatic rings. The quantitative estimate of drug-likeness (QED) is 0.681. The molecule has 1 aromatic carbocycles. The summed E-state index contributed by atoms with van der Waals surface area (Å²) < 4.78 is 0. The molecule has 3 nitrogen and oxygen atoms in total. The van der Waals surface area contributed by atoms with Gasteiger partial charge in [0.05, 0.1) is 0 Å². The first-order valence-corrected chi connectivity index (χ1v) is 7.01. The Morgan fingerprint density at radius 1 is 1.24 bits per heavy atom. The van der Waals surface area contributed by atoms with Crippen LogP contribution in [-0.2, 0) is 11.2 Å². The molecule has 0 saturated heterocycles. The van der Waals surface area contributed by atoms with Gasteiger partial charge in [-0.05, 0) is 37.3 Å². The SMILES string of the molecule is C=CC(C)=O.CC(O)C(=O)c1ccc(CC(C)(C)C)cc1. The van der Waals surface area contributed by atoms with Crippen LogP contribution >= 0.6 is 0 Å². The van der Waals surface area contributed by atoms with Gasteiger partial charge in [-0.2, -0.15) is 0 Å². The van der Waals surface area contributed by atoms with Crippen molar-refractivity contribution in [1.29, 1.82) is 0 Å². The van der Waals surface area contributed by atoms with Crippen LogP contribution in [0.3, 0.4) is 0 Å². The highest BCUT2D eigenvalue weighted by Gasteiger charge is 2.14. The smallest absolute Gasteiger partial charge is 0.190 e. The first-order chi connectivity index (χ1) is 9.56. The molecule has 0 saturated carbocycles. The van der Waals surface area contributed by atoms with E-state index in [0.717, 1.165) is 6.42 Å². The molecule has 0 aliphatic carbocycles. The van der Waals surface area contributed by atoms with E-state index in [0.29, 0.717) is 5.56 Å². The van der Waals surface area contributed by atoms with Crippen LogP contribution in [0, 0.1) is 5.41 Å². The van der Waals surface area contributed by atoms with Crippen LogP contribution in [0.25, 0.3) is 0 Å². The van der Waals surface area contributed by atoms with E-state index in [-0.39, 0.29) is 17.0 Å². The largest absolute Gasteiger partial charge is 0.385 e. The first-order valence-electron chi connectivity index (χ1n) is 7.01. The minimum atomic E-state index is -0.923. The third kappa shape index (κ3) is 8.92. The van der Waals surface area contributed by atoms with Crippen molar-refractivity contribution in [3.05, 3.63) is 48.0 Å². The molecule has 0 radical (unpaired) electrons. The lowest BCUT2D eigenvalue weighted by molar-refractivity contribution is -0.112. The van der Waals surface area contributed by atoms with Crippen LogP contribution in [0.15, 0.2) is 36.9 Å². The zero-order valence-electron chi connectivity index (χ0n) is 13.6. The molecule has 0 aliphatic heterocycles. The lowest BCUT2D eigenvalue weighted by atomic mass is 9.88. The average Bonchev–Trinajstić information content (AvgIpc) is 2.37. The molecule has 0 bridgehead atoms. The number of ketones is 2. The summed E-state index contributed by atoms with van der Waals surface area (Å²) in [5, 5.41) is 9.18. The second-order valence-electron chi connectivity index (χ2n) is 6.29. The average molecular weight is 290 g/mol. The Morgan fingerprint density at radius 2 is 1.67 bits per heavy atom. The number of hydrogen-bond acceptors (Lipinski definition) is 3. The fourth-order valence-corrected chi connectivity index (χ4v) is 1.64. The van der Waals surface area contributed by atoms with Gasteiger partial charge in [0.2, 0.25) is 0 Å². The Hall–Kier alpha value is -1.74. The first kappa shape index (κ1) is 19.3. The van der Waals surface area contributed by atoms with Crippen molar-refractivity contribution in [3.8, 4) is 0 Å². The molecule has 0 fully saturated rings. The summed E-state index contributed by atoms with van der Waals surface area (Å²) in [5.74, 6) is -0.202. The van der Waals surface area contributed by atoms with Crippen LogP contribution < -0.4 is 0 Å². The Kier molecular flexibility index (Phi) is 7.82. The predicted molar refractivity (Wildman–Crippen MR) is 86.5 cm³/mol. The summed E-state index contributed by atoms with van der Waals surface area (Å²) in [4.78, 5) is 21.2. The number of rotatable bonds is 4. The molecule has 0 amide bonds. The zero-order valence-corrected chi connectivity index (χ0v) is 13.6. The molecule has 1 unspecified atom stereocenters. The van der Waals surface area contributed by atoms with Gasteiger partial charge in [0, 0.05) is 5.56 Å². The summed E-state index contributed by atoms with van der Waals surface area (Å²) in [6.07, 6.45) is 1.34. The second kappa shape index (κ2) is 8.53. The second-order valence-corrected chi connectivity index (χ2v) is 6.29. The fraction of sp³-hybridized carbons (Fsp3) is 0.444. The maximum atomic E-state index is 11.5. The van der Waals surface area contributed by atoms with Gasteiger partial charge < -0.3 is 5.11 Å². The molecule has 1 aromatic rings. The molecule has 0 heterocycles. The summed E-state index contributed by atoms with van der Waals surface area (Å²) in [6, 6.07) is 7.49. The van der Waals surface area contributed by atoms with Crippen LogP contribution in [0.4, 0.5) is 0 Å². The van der Waals surface area contributed by atoms with Crippen LogP contribution in [-0.4, -0.2) is 22.8 Å². The summed E-state index contributed by atoms with van der Waals surface area (Å²) in [7, 11) is 0. The molecule has 21 heavy (non-hydrogen) atoms. The van der Waals surface area contributed by atoms with Gasteiger partial charge in [-0.3, -0.25) is 9.59 Å². The molecule has 116 valence electrons. The Labute approximate surface area is 127 Å². The standard InChI is InChI=1S/C14H20O2.C4H6O/c1-10(15)13(16)12-7-5-11(6-8-12)9-14(2,3)4;1-3-4(2)5/h5-8,10,15H,9H2,1-4H3;3H,1H2,2H3. The number of allylic oxidation sites excluding steroid dienone is 1. The Bertz CT molecular complexity index is 476. The van der Waals surface area contributed by atoms with E-state index >= 15 is 0 Å². The van der Waals surface area contributed by atoms with Gasteiger partial charge in [-0.25, -0.2) is 0 Å². The van der Waals surface area contributed by atoms with E-state index in [1.165, 1.54) is 25.5 Å². The summed E-state index contributed by atoms with van der Waals surface area (Å²) in [6.45, 7) is 12.7. The third-order valence-corrected chi connectivity index (χ3v) is 2.64. The number of carbonyl (C=O) groups excluding carboxylic acids is 2. The number of hydrogen-bond donors (Lipinski definition) is 1. The van der Waals surface area contributed by atoms with Crippen molar-refractivity contribution in [1.82, 2.24) is 0 Å². The molecule has 0 spiro atoms. The molecule has 1 atom stereocenters. The molecular formula is C18H26O3. The lowest BCUT2D eigenvalue weighted by Crippen LogP contribution is -2.16. The maximum Gasteiger partial charge on any atom is 0.190 e. The van der Waals surface area contributed by atoms with Gasteiger partial charge in [0.1, 0.15) is 6.10 Å². The van der Waals surface area contributed by atoms with Crippen molar-refractivity contribution in [2.24, 2.45) is 5.41 Å². The zero-order chi connectivity index (χ0) is 16.6. The highest BCUT2D eigenvalue weighted by Crippen LogP contribution is 2.20. The summed E-state index contributed by atoms with van der Waals surface area (Å²) >= 11 is 0. The van der Waals surface area contributed by atoms with Crippen molar-refractivity contribution in [2.75, 3.05) is 0 Å². The maximum absolute atomic E-state index is 11.5. The number of aliphatic hydroxyl groups excluding tert-OH is 1. The normalized spacial score (nSPS) is 11.9. The lowest BCUT2D eigenvalue weighted by Gasteiger charge is -2.18. The molecule has 1 N–H and O–H groups in total. The van der Waals surface area contributed by atoms with Crippen molar-refractivity contribution < 1.29 is 14.7 Å². The van der Waals surface area contributed by atoms with Crippen molar-refractivity contribution >= 4 is 11.6 Å². The van der Waals surface area contributed by atoms with Gasteiger partial charge in [0.15, 0.2) is 11.6 Å². The Morgan fingerprint density at radius 3 is 1.95 bits per heavy atom. The highest BCUT2D eigenvalue weighted by atomic mass is 16.3. The van der Waals surface area contributed by atoms with E-state index in [9.17, 15) is 14.7 Å². The number of aliphatic hydroxyl groups is 1. The fourth-order valence-electron chi connectivity index (χ4n) is 1.64. The number of Topliss-reactive ketones (excluding diaryl/α,β-unsaturated/α-hetero) is 1. The van der Waals surface area contributed by atoms with E-state index in [4.69, 9.17) is 0 Å². The summed E-state index contributed by atoms with van der Waals surface area (Å²) in [5.41, 5.74) is 2.04. The van der Waals surface area contributed by atoms with Crippen LogP contribution in [0.2, 0.25) is 0 Å². The van der Waals surface area contributed by atoms with Gasteiger partial charge in [-0.1, -0.05) is 51.6 Å². The topological polar surface area (TPSA) is 54.4 Å². The minimum absolute atomic E-state index is 0.0185. The van der Waals surface area contributed by atoms with Crippen molar-refractivity contribution in [2.45, 2.75) is 47.1 Å². The third-order valence-electron chi connectivity index (χ3n) is 2.64. The van der Waals surface area contributed by atoms with Gasteiger partial charge >= 0.3 is 0 Å². The van der Waals surface area contributed by atoms with E-state index in [1.807, 2.05) is 12.1 Å². The highest BCUT2D eigenvalue weighted by molar-refractivity contribution is 5.99. The van der Waals surface area contributed by atoms with Crippen LogP contribution in [0.1, 0.15) is 50.5 Å². The predicted octanol–water partition coefficient (Wildman–Crippen LogP) is 3.60. The molecule has 0 aromatic heterocycles. The molecule has 3 heteroatoms. The number of benzene rings is 1. The monoisotopic (exact) mass is 290 g/mol. The van der Waals surface area contributed by atoms with E-state index < -0.39 is 6.10 Å². The van der Waals surface area contributed by atoms with Gasteiger partial charge in [-0.15, -0.1) is 0 Å². The van der Waals surface area contributed by atoms with E-state index in [1.54, 1.807) is 12.1 Å². The number of carbonyl (C=O) groups is 2.